The van der Waals surface area contributed by atoms with Crippen LogP contribution in [0.2, 0.25) is 0 Å². The van der Waals surface area contributed by atoms with Crippen LogP contribution < -0.4 is 0 Å². The molecule has 0 aliphatic carbocycles. The highest BCUT2D eigenvalue weighted by Crippen LogP contribution is 2.46. The topological polar surface area (TPSA) is 25.8 Å². The molecule has 12 rings (SSSR count). The van der Waals surface area contributed by atoms with E-state index in [9.17, 15) is 0 Å². The Labute approximate surface area is 325 Å². The van der Waals surface area contributed by atoms with Gasteiger partial charge < -0.3 is 0 Å². The summed E-state index contributed by atoms with van der Waals surface area (Å²) < 4.78 is 7.93. The second-order valence-corrected chi connectivity index (χ2v) is 17.8. The minimum Gasteiger partial charge on any atom is -0.236 e. The maximum atomic E-state index is 4.99. The summed E-state index contributed by atoms with van der Waals surface area (Å²) in [6, 6.07) is 57.5. The lowest BCUT2D eigenvalue weighted by Crippen LogP contribution is -1.80. The lowest BCUT2D eigenvalue weighted by atomic mass is 10.0. The molecule has 0 aliphatic rings. The molecule has 54 heavy (non-hydrogen) atoms. The summed E-state index contributed by atoms with van der Waals surface area (Å²) in [6.45, 7) is 0. The van der Waals surface area contributed by atoms with Gasteiger partial charge in [0, 0.05) is 42.1 Å². The number of benzene rings is 8. The number of hydrogen-bond acceptors (Lipinski definition) is 6. The Hall–Kier alpha value is -5.76. The van der Waals surface area contributed by atoms with Crippen LogP contribution in [0.4, 0.5) is 0 Å². The molecule has 8 aromatic carbocycles. The first kappa shape index (κ1) is 30.7. The highest BCUT2D eigenvalue weighted by Gasteiger charge is 2.16. The molecule has 6 heteroatoms. The van der Waals surface area contributed by atoms with E-state index < -0.39 is 0 Å². The van der Waals surface area contributed by atoms with E-state index in [4.69, 9.17) is 9.97 Å². The molecule has 0 unspecified atom stereocenters. The van der Waals surface area contributed by atoms with Crippen LogP contribution in [0.25, 0.3) is 115 Å². The number of fused-ring (bicyclic) bond motifs is 11. The smallest absolute Gasteiger partial charge is 0.124 e. The number of aromatic nitrogens is 2. The fourth-order valence-corrected chi connectivity index (χ4v) is 12.7. The van der Waals surface area contributed by atoms with E-state index in [0.717, 1.165) is 32.2 Å². The number of rotatable bonds is 4. The van der Waals surface area contributed by atoms with E-state index in [-0.39, 0.29) is 0 Å². The van der Waals surface area contributed by atoms with Gasteiger partial charge in [-0.2, -0.15) is 0 Å². The van der Waals surface area contributed by atoms with Gasteiger partial charge in [-0.05, 0) is 57.3 Å². The third kappa shape index (κ3) is 4.81. The Morgan fingerprint density at radius 3 is 1.17 bits per heavy atom. The average Bonchev–Trinajstić information content (AvgIpc) is 4.02. The highest BCUT2D eigenvalue weighted by atomic mass is 32.1. The molecule has 0 atom stereocenters. The molecule has 12 aromatic rings. The second-order valence-electron chi connectivity index (χ2n) is 13.7. The molecule has 4 heterocycles. The second kappa shape index (κ2) is 11.9. The lowest BCUT2D eigenvalue weighted by molar-refractivity contribution is 1.48. The third-order valence-corrected chi connectivity index (χ3v) is 15.4. The number of nitrogens with zero attached hydrogens (tertiary/aromatic N) is 2. The van der Waals surface area contributed by atoms with Gasteiger partial charge >= 0.3 is 0 Å². The van der Waals surface area contributed by atoms with Gasteiger partial charge in [-0.1, -0.05) is 133 Å². The molecule has 4 aromatic heterocycles. The van der Waals surface area contributed by atoms with E-state index in [1.807, 2.05) is 22.7 Å². The quantitative estimate of drug-likeness (QED) is 0.179. The lowest BCUT2D eigenvalue weighted by Gasteiger charge is -2.04. The minimum absolute atomic E-state index is 1.06. The molecule has 0 aliphatic heterocycles. The van der Waals surface area contributed by atoms with Gasteiger partial charge in [-0.25, -0.2) is 9.97 Å². The summed E-state index contributed by atoms with van der Waals surface area (Å²) in [5.74, 6) is 0. The number of hydrogen-bond donors (Lipinski definition) is 0. The zero-order valence-electron chi connectivity index (χ0n) is 28.5. The predicted molar refractivity (Wildman–Crippen MR) is 238 cm³/mol. The molecule has 0 radical (unpaired) electrons. The van der Waals surface area contributed by atoms with Crippen molar-refractivity contribution in [3.8, 4) is 43.4 Å². The van der Waals surface area contributed by atoms with Crippen LogP contribution in [0, 0.1) is 0 Å². The van der Waals surface area contributed by atoms with Crippen molar-refractivity contribution < 1.29 is 0 Å². The van der Waals surface area contributed by atoms with Gasteiger partial charge in [-0.15, -0.1) is 45.3 Å². The van der Waals surface area contributed by atoms with E-state index >= 15 is 0 Å². The first-order chi connectivity index (χ1) is 26.7. The zero-order chi connectivity index (χ0) is 35.3. The summed E-state index contributed by atoms with van der Waals surface area (Å²) in [5, 5.41) is 9.87. The molecule has 2 nitrogen and oxygen atoms in total. The van der Waals surface area contributed by atoms with Gasteiger partial charge in [0.25, 0.3) is 0 Å². The van der Waals surface area contributed by atoms with Crippen molar-refractivity contribution in [1.29, 1.82) is 0 Å². The third-order valence-electron chi connectivity index (χ3n) is 10.6. The Kier molecular flexibility index (Phi) is 6.74. The molecular weight excluding hydrogens is 733 g/mol. The van der Waals surface area contributed by atoms with Gasteiger partial charge in [0.05, 0.1) is 29.8 Å². The summed E-state index contributed by atoms with van der Waals surface area (Å²) in [6.07, 6.45) is 0. The first-order valence-corrected chi connectivity index (χ1v) is 21.1. The monoisotopic (exact) mass is 758 g/mol. The normalized spacial score (nSPS) is 12.1. The maximum Gasteiger partial charge on any atom is 0.124 e. The Balaban J connectivity index is 0.831. The fourth-order valence-electron chi connectivity index (χ4n) is 7.78. The largest absolute Gasteiger partial charge is 0.236 e. The fraction of sp³-hybridized carbons (Fsp3) is 0. The van der Waals surface area contributed by atoms with Crippen LogP contribution in [-0.2, 0) is 0 Å². The van der Waals surface area contributed by atoms with Crippen molar-refractivity contribution in [2.75, 3.05) is 0 Å². The minimum atomic E-state index is 1.06. The maximum absolute atomic E-state index is 4.99. The molecule has 0 N–H and O–H groups in total. The molecule has 0 amide bonds. The van der Waals surface area contributed by atoms with Crippen molar-refractivity contribution in [2.24, 2.45) is 0 Å². The Bertz CT molecular complexity index is 3200. The van der Waals surface area contributed by atoms with E-state index in [2.05, 4.69) is 158 Å². The highest BCUT2D eigenvalue weighted by molar-refractivity contribution is 7.36. The zero-order valence-corrected chi connectivity index (χ0v) is 31.8. The Morgan fingerprint density at radius 1 is 0.296 bits per heavy atom. The van der Waals surface area contributed by atoms with Crippen LogP contribution in [-0.4, -0.2) is 9.97 Å². The molecule has 0 saturated heterocycles. The summed E-state index contributed by atoms with van der Waals surface area (Å²) in [7, 11) is 0. The van der Waals surface area contributed by atoms with Gasteiger partial charge in [0.1, 0.15) is 10.0 Å². The van der Waals surface area contributed by atoms with Crippen molar-refractivity contribution in [3.63, 3.8) is 0 Å². The molecule has 0 spiro atoms. The summed E-state index contributed by atoms with van der Waals surface area (Å²) in [5.41, 5.74) is 9.38. The van der Waals surface area contributed by atoms with Gasteiger partial charge in [0.15, 0.2) is 0 Å². The number of thiophene rings is 2. The molecule has 0 saturated carbocycles. The van der Waals surface area contributed by atoms with E-state index in [1.54, 1.807) is 22.7 Å². The molecule has 0 bridgehead atoms. The van der Waals surface area contributed by atoms with Crippen LogP contribution in [0.3, 0.4) is 0 Å². The van der Waals surface area contributed by atoms with E-state index in [0.29, 0.717) is 0 Å². The van der Waals surface area contributed by atoms with Crippen molar-refractivity contribution >= 4 is 117 Å². The molecular formula is C48H26N2S4. The summed E-state index contributed by atoms with van der Waals surface area (Å²) in [4.78, 5) is 9.98. The average molecular weight is 759 g/mol. The number of thiazole rings is 2. The predicted octanol–water partition coefficient (Wildman–Crippen LogP) is 15.5. The van der Waals surface area contributed by atoms with Crippen LogP contribution in [0.5, 0.6) is 0 Å². The molecule has 252 valence electrons. The van der Waals surface area contributed by atoms with Gasteiger partial charge in [0.2, 0.25) is 0 Å². The summed E-state index contributed by atoms with van der Waals surface area (Å²) >= 11 is 7.37. The molecule has 0 fully saturated rings. The van der Waals surface area contributed by atoms with E-state index in [1.165, 1.54) is 82.8 Å². The van der Waals surface area contributed by atoms with Crippen LogP contribution in [0.15, 0.2) is 158 Å². The first-order valence-electron chi connectivity index (χ1n) is 17.9. The van der Waals surface area contributed by atoms with Crippen molar-refractivity contribution in [2.45, 2.75) is 0 Å². The van der Waals surface area contributed by atoms with Crippen molar-refractivity contribution in [1.82, 2.24) is 9.97 Å². The van der Waals surface area contributed by atoms with Crippen LogP contribution in [0.1, 0.15) is 0 Å². The van der Waals surface area contributed by atoms with Crippen LogP contribution >= 0.6 is 45.3 Å². The van der Waals surface area contributed by atoms with Crippen molar-refractivity contribution in [3.05, 3.63) is 158 Å². The standard InChI is InChI=1S/C48H26N2S4/c1-3-7-35-29(5-1)19-23-39-43(35)53-47(49-39)31-13-9-27(10-14-31)33-17-21-37-41(25-33)51-46-38-22-18-34(26-42(38)52-45(37)46)28-11-15-32(16-12-28)48-50-40-24-20-30-6-2-4-8-36(30)44(40)54-48/h1-26H. The Morgan fingerprint density at radius 2 is 0.704 bits per heavy atom. The van der Waals surface area contributed by atoms with Gasteiger partial charge in [-0.3, -0.25) is 0 Å². The SMILES string of the molecule is c1ccc2c(c1)ccc1nc(-c3ccc(-c4ccc5c(c4)sc4c6ccc(-c7ccc(-c8nc9ccc%10ccccc%10c9s8)cc7)cc6sc54)cc3)sc12.